The number of carbonyl (C=O) groups excluding carboxylic acids is 3. The summed E-state index contributed by atoms with van der Waals surface area (Å²) in [4.78, 5) is 65.9. The fourth-order valence-electron chi connectivity index (χ4n) is 26.8. The molecule has 12 atom stereocenters. The highest BCUT2D eigenvalue weighted by atomic mass is 19.4. The van der Waals surface area contributed by atoms with E-state index in [1.165, 1.54) is 125 Å². The number of nitrogens with one attached hydrogen (secondary N) is 1. The SMILES string of the molecule is COC(=O)[C@@H](C)[C@H](c1ccc2c(c1)OC(C1CC3(C1)CN(c1ncccc1C(F)(F)F)C3)CC2)C1CC1.COC(=O)[C@@H](C)[C@H](c1ccc2c(c1)OC(C1CC3(C1)CN(c1ncccc1C(F)(F)F)C3)CC2)C1CC1.COC(=O)[C@@H](C)[C@H](c1ccc2c(c1)OC(C1CC3(CNC3)C1)CC2)C1CC1.C[C@H](C(=O)O)[C@H](c1ccc2c(c1)OC(C1CC3(C1)CN(c1ncccc1C(F)(F)F)C3)CC2)C1CC1. The fourth-order valence-corrected chi connectivity index (χ4v) is 26.8. The molecular formula is C109H128F9N7O12. The van der Waals surface area contributed by atoms with E-state index in [9.17, 15) is 63.8 Å². The van der Waals surface area contributed by atoms with Gasteiger partial charge < -0.3 is 58.3 Å². The number of carboxylic acids is 1. The van der Waals surface area contributed by atoms with E-state index in [0.717, 1.165) is 192 Å². The van der Waals surface area contributed by atoms with Gasteiger partial charge in [0.1, 0.15) is 64.9 Å². The van der Waals surface area contributed by atoms with Gasteiger partial charge in [-0.1, -0.05) is 76.2 Å². The molecule has 16 aliphatic rings. The Balaban J connectivity index is 0.000000113. The van der Waals surface area contributed by atoms with Gasteiger partial charge in [0.25, 0.3) is 0 Å². The molecule has 4 aromatic carbocycles. The van der Waals surface area contributed by atoms with Crippen molar-refractivity contribution in [1.29, 1.82) is 0 Å². The van der Waals surface area contributed by atoms with Crippen LogP contribution in [0.15, 0.2) is 128 Å². The summed E-state index contributed by atoms with van der Waals surface area (Å²) in [6.07, 6.45) is 17.3. The highest BCUT2D eigenvalue weighted by molar-refractivity contribution is 5.75. The number of ether oxygens (including phenoxy) is 7. The maximum Gasteiger partial charge on any atom is 0.419 e. The summed E-state index contributed by atoms with van der Waals surface area (Å²) < 4.78 is 162. The van der Waals surface area contributed by atoms with Gasteiger partial charge in [0.2, 0.25) is 0 Å². The van der Waals surface area contributed by atoms with Crippen LogP contribution in [0.5, 0.6) is 23.0 Å². The number of aryl methyl sites for hydroxylation is 4. The van der Waals surface area contributed by atoms with Gasteiger partial charge in [0.15, 0.2) is 0 Å². The molecule has 0 amide bonds. The zero-order chi connectivity index (χ0) is 95.7. The normalized spacial score (nSPS) is 26.4. The standard InChI is InChI=1S/2C29H33F3N2O3.C28H31F3N2O3.C23H31NO3/c2*1-17(27(35)36-2)25(19-6-7-19)20-8-5-18-9-10-23(37-24(18)12-20)21-13-28(14-21)15-34(16-28)26-22(29(30,31)32)4-3-11-33-26;1-16(26(34)35)24(18-5-6-18)19-7-4-17-8-9-22(36-23(17)11-19)20-12-27(13-20)14-33(15-27)25-21(28(29,30)31)3-2-10-32-25;1-14(22(25)26-2)21(16-4-5-16)17-6-3-15-7-8-19(27-20(15)9-17)18-10-23(11-18)12-24-13-23/h2*3-5,8,11-12,17,19,21,23,25H,6-7,9-10,13-16H2,1-2H3;2-4,7,10-11,16,18,20,22,24H,5-6,8-9,12-15H2,1H3,(H,34,35);3,6,9,14,16,18-19,21,24H,4-5,7-8,10-13H2,1-2H3/t2*17-,23?,25-;16-,22?,24-;14-,19?,21-/m0000/s1. The number of anilines is 3. The van der Waals surface area contributed by atoms with Crippen LogP contribution in [0.4, 0.5) is 57.0 Å². The van der Waals surface area contributed by atoms with E-state index < -0.39 is 47.1 Å². The molecule has 4 unspecified atom stereocenters. The second kappa shape index (κ2) is 37.0. The van der Waals surface area contributed by atoms with Crippen LogP contribution in [0.2, 0.25) is 0 Å². The number of hydrogen-bond donors (Lipinski definition) is 2. The van der Waals surface area contributed by atoms with Crippen LogP contribution in [-0.4, -0.2) is 142 Å². The Morgan fingerprint density at radius 3 is 0.818 bits per heavy atom. The van der Waals surface area contributed by atoms with Gasteiger partial charge in [-0.2, -0.15) is 39.5 Å². The Morgan fingerprint density at radius 1 is 0.365 bits per heavy atom. The summed E-state index contributed by atoms with van der Waals surface area (Å²) in [7, 11) is 4.38. The number of rotatable bonds is 23. The molecule has 11 heterocycles. The second-order valence-corrected chi connectivity index (χ2v) is 44.2. The van der Waals surface area contributed by atoms with Crippen LogP contribution < -0.4 is 39.0 Å². The van der Waals surface area contributed by atoms with E-state index in [1.807, 2.05) is 20.8 Å². The van der Waals surface area contributed by atoms with Crippen LogP contribution in [0.1, 0.15) is 241 Å². The van der Waals surface area contributed by atoms with Gasteiger partial charge in [-0.05, 0) is 336 Å². The third kappa shape index (κ3) is 19.3. The lowest BCUT2D eigenvalue weighted by Crippen LogP contribution is -2.64. The third-order valence-electron chi connectivity index (χ3n) is 34.6. The molecule has 8 saturated carbocycles. The first-order valence-corrected chi connectivity index (χ1v) is 50.2. The van der Waals surface area contributed by atoms with Crippen molar-refractivity contribution in [3.05, 3.63) is 189 Å². The van der Waals surface area contributed by atoms with Gasteiger partial charge in [-0.15, -0.1) is 0 Å². The number of aliphatic carboxylic acids is 1. The van der Waals surface area contributed by atoms with Crippen LogP contribution >= 0.6 is 0 Å². The molecule has 28 heteroatoms. The van der Waals surface area contributed by atoms with E-state index in [-0.39, 0.29) is 111 Å². The number of nitrogens with zero attached hydrogens (tertiary/aromatic N) is 6. The molecule has 23 rings (SSSR count). The van der Waals surface area contributed by atoms with E-state index in [2.05, 4.69) is 93.1 Å². The molecule has 3 aromatic heterocycles. The van der Waals surface area contributed by atoms with Gasteiger partial charge in [-0.25, -0.2) is 15.0 Å². The molecule has 12 fully saturated rings. The van der Waals surface area contributed by atoms with Crippen LogP contribution in [0, 0.1) is 92.7 Å². The van der Waals surface area contributed by atoms with Gasteiger partial charge in [-0.3, -0.25) is 19.2 Å². The molecule has 137 heavy (non-hydrogen) atoms. The zero-order valence-corrected chi connectivity index (χ0v) is 79.3. The first-order chi connectivity index (χ1) is 65.6. The molecule has 0 radical (unpaired) electrons. The molecule has 4 saturated heterocycles. The number of halogens is 9. The Labute approximate surface area is 795 Å². The van der Waals surface area contributed by atoms with Crippen LogP contribution in [0.25, 0.3) is 0 Å². The Hall–Kier alpha value is -9.86. The van der Waals surface area contributed by atoms with Crippen molar-refractivity contribution in [1.82, 2.24) is 20.3 Å². The average Bonchev–Trinajstić information content (AvgIpc) is 1.51. The average molecular weight is 1900 g/mol. The number of fused-ring (bicyclic) bond motifs is 4. The predicted molar refractivity (Wildman–Crippen MR) is 497 cm³/mol. The summed E-state index contributed by atoms with van der Waals surface area (Å²) in [5.74, 6) is 6.36. The summed E-state index contributed by atoms with van der Waals surface area (Å²) in [6, 6.07) is 33.2. The minimum atomic E-state index is -4.41. The number of benzene rings is 4. The smallest absolute Gasteiger partial charge is 0.419 e. The van der Waals surface area contributed by atoms with Crippen molar-refractivity contribution >= 4 is 41.3 Å². The van der Waals surface area contributed by atoms with E-state index >= 15 is 0 Å². The number of esters is 3. The lowest BCUT2D eigenvalue weighted by molar-refractivity contribution is -0.146. The predicted octanol–water partition coefficient (Wildman–Crippen LogP) is 21.6. The number of methoxy groups -OCH3 is 3. The number of pyridine rings is 3. The highest BCUT2D eigenvalue weighted by Gasteiger charge is 2.61. The van der Waals surface area contributed by atoms with Crippen molar-refractivity contribution in [2.75, 3.05) is 88.4 Å². The monoisotopic (exact) mass is 1900 g/mol. The van der Waals surface area contributed by atoms with Gasteiger partial charge in [0, 0.05) is 87.2 Å². The number of carbonyl (C=O) groups is 4. The molecule has 0 bridgehead atoms. The first-order valence-electron chi connectivity index (χ1n) is 50.2. The molecule has 734 valence electrons. The Morgan fingerprint density at radius 2 is 0.606 bits per heavy atom. The molecule has 2 N–H and O–H groups in total. The molecule has 8 aliphatic heterocycles. The Bertz CT molecular complexity index is 5420. The van der Waals surface area contributed by atoms with Gasteiger partial charge in [0.05, 0.1) is 61.7 Å². The lowest BCUT2D eigenvalue weighted by Gasteiger charge is -2.61. The summed E-state index contributed by atoms with van der Waals surface area (Å²) in [6.45, 7) is 13.8. The van der Waals surface area contributed by atoms with Crippen molar-refractivity contribution in [3.63, 3.8) is 0 Å². The number of aromatic nitrogens is 3. The quantitative estimate of drug-likeness (QED) is 0.0346. The number of alkyl halides is 9. The van der Waals surface area contributed by atoms with Crippen LogP contribution in [-0.2, 0) is 77.6 Å². The molecule has 4 spiro atoms. The summed E-state index contributed by atoms with van der Waals surface area (Å²) in [5, 5.41) is 13.0. The molecular weight excluding hydrogens is 1770 g/mol. The molecule has 7 aromatic rings. The van der Waals surface area contributed by atoms with Gasteiger partial charge >= 0.3 is 42.4 Å². The summed E-state index contributed by atoms with van der Waals surface area (Å²) in [5.41, 5.74) is 8.35. The maximum atomic E-state index is 13.4. The van der Waals surface area contributed by atoms with Crippen molar-refractivity contribution in [2.24, 2.45) is 92.7 Å². The second-order valence-electron chi connectivity index (χ2n) is 44.2. The highest BCUT2D eigenvalue weighted by Crippen LogP contribution is 2.62. The topological polar surface area (TPSA) is 214 Å². The van der Waals surface area contributed by atoms with E-state index in [1.54, 1.807) is 21.6 Å². The zero-order valence-electron chi connectivity index (χ0n) is 79.3. The fraction of sp³-hybridized carbons (Fsp3) is 0.606. The maximum absolute atomic E-state index is 13.4. The lowest BCUT2D eigenvalue weighted by atomic mass is 9.55. The van der Waals surface area contributed by atoms with Crippen molar-refractivity contribution < 1.29 is 97.0 Å². The largest absolute Gasteiger partial charge is 0.490 e. The van der Waals surface area contributed by atoms with E-state index in [4.69, 9.17) is 33.2 Å². The number of carboxylic acid groups (broad SMARTS) is 1. The Kier molecular flexibility index (Phi) is 25.6. The molecule has 8 aliphatic carbocycles. The third-order valence-corrected chi connectivity index (χ3v) is 34.6. The van der Waals surface area contributed by atoms with Crippen molar-refractivity contribution in [3.8, 4) is 23.0 Å². The van der Waals surface area contributed by atoms with E-state index in [0.29, 0.717) is 92.2 Å². The van der Waals surface area contributed by atoms with Crippen molar-refractivity contribution in [2.45, 2.75) is 248 Å². The molecule has 19 nitrogen and oxygen atoms in total. The first kappa shape index (κ1) is 94.7. The number of hydrogen-bond acceptors (Lipinski definition) is 18. The minimum Gasteiger partial charge on any atom is -0.490 e. The van der Waals surface area contributed by atoms with Crippen LogP contribution in [0.3, 0.4) is 0 Å². The summed E-state index contributed by atoms with van der Waals surface area (Å²) >= 11 is 0. The minimum absolute atomic E-state index is 0.0119.